The van der Waals surface area contributed by atoms with Crippen molar-refractivity contribution < 1.29 is 14.7 Å². The van der Waals surface area contributed by atoms with Crippen LogP contribution in [0.15, 0.2) is 48.5 Å². The molecular formula is C19H20ClNO3. The molecule has 0 heterocycles. The first kappa shape index (κ1) is 18.0. The zero-order valence-corrected chi connectivity index (χ0v) is 14.4. The third-order valence-corrected chi connectivity index (χ3v) is 4.52. The second kappa shape index (κ2) is 7.97. The van der Waals surface area contributed by atoms with E-state index in [9.17, 15) is 14.7 Å². The maximum Gasteiger partial charge on any atom is 0.308 e. The Hall–Kier alpha value is -2.33. The first-order valence-electron chi connectivity index (χ1n) is 7.73. The van der Waals surface area contributed by atoms with Crippen molar-refractivity contribution in [1.82, 2.24) is 5.32 Å². The third kappa shape index (κ3) is 4.36. The molecule has 4 nitrogen and oxygen atoms in total. The number of carbonyl (C=O) groups is 2. The molecule has 24 heavy (non-hydrogen) atoms. The molecule has 0 radical (unpaired) electrons. The van der Waals surface area contributed by atoms with Crippen LogP contribution in [0.4, 0.5) is 0 Å². The minimum Gasteiger partial charge on any atom is -0.481 e. The van der Waals surface area contributed by atoms with E-state index >= 15 is 0 Å². The van der Waals surface area contributed by atoms with Crippen molar-refractivity contribution >= 4 is 23.5 Å². The van der Waals surface area contributed by atoms with Crippen molar-refractivity contribution in [1.29, 1.82) is 0 Å². The van der Waals surface area contributed by atoms with Gasteiger partial charge in [-0.25, -0.2) is 0 Å². The van der Waals surface area contributed by atoms with Crippen LogP contribution in [0.5, 0.6) is 0 Å². The number of hydrogen-bond donors (Lipinski definition) is 2. The van der Waals surface area contributed by atoms with Gasteiger partial charge in [0.2, 0.25) is 0 Å². The Labute approximate surface area is 146 Å². The highest BCUT2D eigenvalue weighted by molar-refractivity contribution is 6.34. The number of aryl methyl sites for hydroxylation is 1. The van der Waals surface area contributed by atoms with Crippen molar-refractivity contribution in [2.75, 3.05) is 0 Å². The molecule has 2 aromatic carbocycles. The smallest absolute Gasteiger partial charge is 0.308 e. The topological polar surface area (TPSA) is 66.4 Å². The first-order chi connectivity index (χ1) is 11.4. The van der Waals surface area contributed by atoms with Crippen LogP contribution in [0.1, 0.15) is 28.4 Å². The van der Waals surface area contributed by atoms with E-state index in [0.29, 0.717) is 17.0 Å². The first-order valence-corrected chi connectivity index (χ1v) is 8.10. The van der Waals surface area contributed by atoms with E-state index in [-0.39, 0.29) is 5.91 Å². The molecule has 1 amide bonds. The minimum absolute atomic E-state index is 0.346. The Balaban J connectivity index is 2.13. The fourth-order valence-electron chi connectivity index (χ4n) is 2.55. The summed E-state index contributed by atoms with van der Waals surface area (Å²) in [5.74, 6) is -2.03. The number of benzene rings is 2. The summed E-state index contributed by atoms with van der Waals surface area (Å²) in [4.78, 5) is 24.0. The quantitative estimate of drug-likeness (QED) is 0.838. The normalized spacial score (nSPS) is 13.1. The van der Waals surface area contributed by atoms with Crippen molar-refractivity contribution in [2.45, 2.75) is 26.3 Å². The molecule has 5 heteroatoms. The summed E-state index contributed by atoms with van der Waals surface area (Å²) in [6, 6.07) is 14.0. The molecule has 0 bridgehead atoms. The lowest BCUT2D eigenvalue weighted by atomic mass is 9.93. The Kier molecular flexibility index (Phi) is 5.99. The van der Waals surface area contributed by atoms with E-state index in [2.05, 4.69) is 5.32 Å². The SMILES string of the molecule is Cc1cccc(C(=O)NC(C)C(Cc2ccccc2)C(=O)O)c1Cl. The number of halogens is 1. The van der Waals surface area contributed by atoms with Crippen LogP contribution < -0.4 is 5.32 Å². The summed E-state index contributed by atoms with van der Waals surface area (Å²) in [6.07, 6.45) is 0.346. The lowest BCUT2D eigenvalue weighted by Crippen LogP contribution is -2.42. The molecule has 2 N–H and O–H groups in total. The maximum atomic E-state index is 12.4. The van der Waals surface area contributed by atoms with Gasteiger partial charge in [0, 0.05) is 6.04 Å². The minimum atomic E-state index is -0.943. The van der Waals surface area contributed by atoms with E-state index in [1.807, 2.05) is 43.3 Å². The van der Waals surface area contributed by atoms with Gasteiger partial charge in [0.1, 0.15) is 0 Å². The van der Waals surface area contributed by atoms with Gasteiger partial charge < -0.3 is 10.4 Å². The lowest BCUT2D eigenvalue weighted by molar-refractivity contribution is -0.142. The van der Waals surface area contributed by atoms with Gasteiger partial charge in [-0.3, -0.25) is 9.59 Å². The summed E-state index contributed by atoms with van der Waals surface area (Å²) in [5, 5.41) is 12.7. The van der Waals surface area contributed by atoms with Crippen LogP contribution in [0.2, 0.25) is 5.02 Å². The standard InChI is InChI=1S/C19H20ClNO3/c1-12-7-6-10-15(17(12)20)18(22)21-13(2)16(19(23)24)11-14-8-4-3-5-9-14/h3-10,13,16H,11H2,1-2H3,(H,21,22)(H,23,24). The third-order valence-electron chi connectivity index (χ3n) is 4.01. The maximum absolute atomic E-state index is 12.4. The number of carboxylic acids is 1. The van der Waals surface area contributed by atoms with Crippen LogP contribution in [0.3, 0.4) is 0 Å². The monoisotopic (exact) mass is 345 g/mol. The van der Waals surface area contributed by atoms with E-state index < -0.39 is 17.9 Å². The summed E-state index contributed by atoms with van der Waals surface area (Å²) in [5.41, 5.74) is 2.07. The average Bonchev–Trinajstić information content (AvgIpc) is 2.55. The van der Waals surface area contributed by atoms with E-state index in [0.717, 1.165) is 11.1 Å². The fraction of sp³-hybridized carbons (Fsp3) is 0.263. The fourth-order valence-corrected chi connectivity index (χ4v) is 2.77. The number of amides is 1. The zero-order valence-electron chi connectivity index (χ0n) is 13.6. The molecule has 2 rings (SSSR count). The molecule has 0 fully saturated rings. The molecule has 0 saturated carbocycles. The van der Waals surface area contributed by atoms with Gasteiger partial charge in [0.25, 0.3) is 5.91 Å². The molecule has 2 aromatic rings. The van der Waals surface area contributed by atoms with Gasteiger partial charge in [0.15, 0.2) is 0 Å². The predicted molar refractivity (Wildman–Crippen MR) is 94.4 cm³/mol. The molecule has 0 aliphatic carbocycles. The van der Waals surface area contributed by atoms with Crippen molar-refractivity contribution in [3.63, 3.8) is 0 Å². The number of rotatable bonds is 6. The molecule has 2 unspecified atom stereocenters. The second-order valence-corrected chi connectivity index (χ2v) is 6.21. The highest BCUT2D eigenvalue weighted by atomic mass is 35.5. The lowest BCUT2D eigenvalue weighted by Gasteiger charge is -2.22. The van der Waals surface area contributed by atoms with Crippen LogP contribution in [0, 0.1) is 12.8 Å². The number of carboxylic acid groups (broad SMARTS) is 1. The van der Waals surface area contributed by atoms with Gasteiger partial charge in [-0.1, -0.05) is 54.1 Å². The van der Waals surface area contributed by atoms with E-state index in [1.54, 1.807) is 19.1 Å². The van der Waals surface area contributed by atoms with Gasteiger partial charge in [-0.2, -0.15) is 0 Å². The Morgan fingerprint density at radius 2 is 1.79 bits per heavy atom. The molecule has 2 atom stereocenters. The zero-order chi connectivity index (χ0) is 17.7. The van der Waals surface area contributed by atoms with Crippen LogP contribution in [-0.2, 0) is 11.2 Å². The van der Waals surface area contributed by atoms with Crippen molar-refractivity contribution in [2.24, 2.45) is 5.92 Å². The molecule has 0 aromatic heterocycles. The van der Waals surface area contributed by atoms with Gasteiger partial charge in [-0.15, -0.1) is 0 Å². The molecule has 0 saturated heterocycles. The number of carbonyl (C=O) groups excluding carboxylic acids is 1. The van der Waals surface area contributed by atoms with Crippen LogP contribution >= 0.6 is 11.6 Å². The molecule has 0 aliphatic heterocycles. The average molecular weight is 346 g/mol. The summed E-state index contributed by atoms with van der Waals surface area (Å²) in [6.45, 7) is 3.52. The summed E-state index contributed by atoms with van der Waals surface area (Å²) < 4.78 is 0. The van der Waals surface area contributed by atoms with Crippen molar-refractivity contribution in [3.05, 3.63) is 70.2 Å². The van der Waals surface area contributed by atoms with Gasteiger partial charge >= 0.3 is 5.97 Å². The van der Waals surface area contributed by atoms with Crippen LogP contribution in [-0.4, -0.2) is 23.0 Å². The summed E-state index contributed by atoms with van der Waals surface area (Å²) >= 11 is 6.17. The highest BCUT2D eigenvalue weighted by Crippen LogP contribution is 2.21. The van der Waals surface area contributed by atoms with Crippen LogP contribution in [0.25, 0.3) is 0 Å². The van der Waals surface area contributed by atoms with E-state index in [1.165, 1.54) is 0 Å². The number of hydrogen-bond acceptors (Lipinski definition) is 2. The van der Waals surface area contributed by atoms with Crippen molar-refractivity contribution in [3.8, 4) is 0 Å². The summed E-state index contributed by atoms with van der Waals surface area (Å²) in [7, 11) is 0. The van der Waals surface area contributed by atoms with E-state index in [4.69, 9.17) is 11.6 Å². The Bertz CT molecular complexity index is 731. The molecule has 0 spiro atoms. The van der Waals surface area contributed by atoms with Gasteiger partial charge in [0.05, 0.1) is 16.5 Å². The molecule has 0 aliphatic rings. The number of nitrogens with one attached hydrogen (secondary N) is 1. The second-order valence-electron chi connectivity index (χ2n) is 5.83. The molecule has 126 valence electrons. The Morgan fingerprint density at radius 1 is 1.12 bits per heavy atom. The predicted octanol–water partition coefficient (Wildman–Crippen LogP) is 3.71. The molecular weight excluding hydrogens is 326 g/mol. The number of aliphatic carboxylic acids is 1. The van der Waals surface area contributed by atoms with Gasteiger partial charge in [-0.05, 0) is 37.5 Å². The highest BCUT2D eigenvalue weighted by Gasteiger charge is 2.27. The Morgan fingerprint density at radius 3 is 2.42 bits per heavy atom. The largest absolute Gasteiger partial charge is 0.481 e.